The summed E-state index contributed by atoms with van der Waals surface area (Å²) in [6, 6.07) is 5.47. The maximum absolute atomic E-state index is 13.6. The van der Waals surface area contributed by atoms with Crippen LogP contribution in [0.3, 0.4) is 0 Å². The van der Waals surface area contributed by atoms with Gasteiger partial charge in [-0.1, -0.05) is 37.5 Å². The standard InChI is InChI=1S/C20H27F3N2O/c1-14-10-15(12-24)13-25(14)18(26)19(8-3-2-4-9-19)16-6-5-7-17(11-16)20(21,22)23/h5-7,11,14-15H,2-4,8-10,12-13,24H2,1H3. The summed E-state index contributed by atoms with van der Waals surface area (Å²) in [5.74, 6) is 0.260. The molecule has 0 aromatic heterocycles. The lowest BCUT2D eigenvalue weighted by Gasteiger charge is -2.40. The van der Waals surface area contributed by atoms with Crippen LogP contribution < -0.4 is 5.73 Å². The molecule has 2 fully saturated rings. The van der Waals surface area contributed by atoms with Crippen LogP contribution in [0, 0.1) is 5.92 Å². The fraction of sp³-hybridized carbons (Fsp3) is 0.650. The molecule has 0 bridgehead atoms. The van der Waals surface area contributed by atoms with Crippen LogP contribution in [0.5, 0.6) is 0 Å². The molecule has 0 radical (unpaired) electrons. The predicted octanol–water partition coefficient (Wildman–Crippen LogP) is 4.10. The molecule has 1 aliphatic carbocycles. The van der Waals surface area contributed by atoms with E-state index in [4.69, 9.17) is 5.73 Å². The zero-order chi connectivity index (χ0) is 18.9. The smallest absolute Gasteiger partial charge is 0.339 e. The van der Waals surface area contributed by atoms with Gasteiger partial charge >= 0.3 is 6.18 Å². The molecule has 1 aromatic rings. The number of amides is 1. The Kier molecular flexibility index (Phi) is 5.33. The number of rotatable bonds is 3. The summed E-state index contributed by atoms with van der Waals surface area (Å²) in [6.07, 6.45) is 0.443. The Bertz CT molecular complexity index is 653. The highest BCUT2D eigenvalue weighted by atomic mass is 19.4. The number of halogens is 3. The highest BCUT2D eigenvalue weighted by molar-refractivity contribution is 5.89. The van der Waals surface area contributed by atoms with E-state index in [1.165, 1.54) is 12.1 Å². The van der Waals surface area contributed by atoms with E-state index in [2.05, 4.69) is 0 Å². The molecule has 0 spiro atoms. The Morgan fingerprint density at radius 3 is 2.54 bits per heavy atom. The van der Waals surface area contributed by atoms with Crippen molar-refractivity contribution in [1.82, 2.24) is 4.90 Å². The topological polar surface area (TPSA) is 46.3 Å². The van der Waals surface area contributed by atoms with Crippen LogP contribution in [0.15, 0.2) is 24.3 Å². The van der Waals surface area contributed by atoms with E-state index in [-0.39, 0.29) is 17.9 Å². The molecule has 1 saturated heterocycles. The van der Waals surface area contributed by atoms with E-state index in [0.29, 0.717) is 31.5 Å². The maximum atomic E-state index is 13.6. The summed E-state index contributed by atoms with van der Waals surface area (Å²) < 4.78 is 39.6. The minimum absolute atomic E-state index is 0.0139. The van der Waals surface area contributed by atoms with Crippen molar-refractivity contribution in [2.75, 3.05) is 13.1 Å². The third kappa shape index (κ3) is 3.48. The summed E-state index contributed by atoms with van der Waals surface area (Å²) in [5, 5.41) is 0. The quantitative estimate of drug-likeness (QED) is 0.873. The lowest BCUT2D eigenvalue weighted by atomic mass is 9.68. The molecule has 2 unspecified atom stereocenters. The molecule has 2 N–H and O–H groups in total. The highest BCUT2D eigenvalue weighted by Gasteiger charge is 2.47. The Morgan fingerprint density at radius 2 is 1.96 bits per heavy atom. The molecule has 26 heavy (non-hydrogen) atoms. The van der Waals surface area contributed by atoms with Gasteiger partial charge in [-0.2, -0.15) is 13.2 Å². The van der Waals surface area contributed by atoms with Crippen LogP contribution in [0.2, 0.25) is 0 Å². The molecule has 2 atom stereocenters. The van der Waals surface area contributed by atoms with Crippen LogP contribution in [-0.2, 0) is 16.4 Å². The lowest BCUT2D eigenvalue weighted by Crippen LogP contribution is -2.49. The second-order valence-corrected chi connectivity index (χ2v) is 7.87. The monoisotopic (exact) mass is 368 g/mol. The van der Waals surface area contributed by atoms with Gasteiger partial charge in [-0.05, 0) is 50.3 Å². The first-order chi connectivity index (χ1) is 12.3. The largest absolute Gasteiger partial charge is 0.416 e. The first kappa shape index (κ1) is 19.2. The molecular formula is C20H27F3N2O. The average molecular weight is 368 g/mol. The number of hydrogen-bond acceptors (Lipinski definition) is 2. The number of carbonyl (C=O) groups excluding carboxylic acids is 1. The minimum atomic E-state index is -4.40. The zero-order valence-corrected chi connectivity index (χ0v) is 15.2. The van der Waals surface area contributed by atoms with Gasteiger partial charge < -0.3 is 10.6 Å². The SMILES string of the molecule is CC1CC(CN)CN1C(=O)C1(c2cccc(C(F)(F)F)c2)CCCCC1. The van der Waals surface area contributed by atoms with Gasteiger partial charge in [-0.3, -0.25) is 4.79 Å². The summed E-state index contributed by atoms with van der Waals surface area (Å²) >= 11 is 0. The Balaban J connectivity index is 1.99. The number of alkyl halides is 3. The van der Waals surface area contributed by atoms with Crippen molar-refractivity contribution in [3.8, 4) is 0 Å². The van der Waals surface area contributed by atoms with Crippen molar-refractivity contribution in [1.29, 1.82) is 0 Å². The Morgan fingerprint density at radius 1 is 1.27 bits per heavy atom. The van der Waals surface area contributed by atoms with Crippen molar-refractivity contribution >= 4 is 5.91 Å². The van der Waals surface area contributed by atoms with Gasteiger partial charge in [0, 0.05) is 12.6 Å². The summed E-state index contributed by atoms with van der Waals surface area (Å²) in [5.41, 5.74) is 4.79. The molecule has 2 aliphatic rings. The minimum Gasteiger partial charge on any atom is -0.339 e. The summed E-state index contributed by atoms with van der Waals surface area (Å²) in [6.45, 7) is 3.15. The fourth-order valence-corrected chi connectivity index (χ4v) is 4.65. The van der Waals surface area contributed by atoms with Crippen LogP contribution in [-0.4, -0.2) is 29.9 Å². The molecule has 6 heteroatoms. The van der Waals surface area contributed by atoms with Crippen LogP contribution >= 0.6 is 0 Å². The summed E-state index contributed by atoms with van der Waals surface area (Å²) in [7, 11) is 0. The third-order valence-electron chi connectivity index (χ3n) is 6.11. The Hall–Kier alpha value is -1.56. The van der Waals surface area contributed by atoms with E-state index in [1.807, 2.05) is 11.8 Å². The molecule has 1 aromatic carbocycles. The number of benzene rings is 1. The molecular weight excluding hydrogens is 341 g/mol. The van der Waals surface area contributed by atoms with Crippen molar-refractivity contribution in [2.24, 2.45) is 11.7 Å². The molecule has 1 heterocycles. The van der Waals surface area contributed by atoms with Gasteiger partial charge in [0.15, 0.2) is 0 Å². The van der Waals surface area contributed by atoms with Crippen molar-refractivity contribution in [3.63, 3.8) is 0 Å². The van der Waals surface area contributed by atoms with Gasteiger partial charge in [-0.25, -0.2) is 0 Å². The number of hydrogen-bond donors (Lipinski definition) is 1. The van der Waals surface area contributed by atoms with Crippen molar-refractivity contribution in [3.05, 3.63) is 35.4 Å². The maximum Gasteiger partial charge on any atom is 0.416 e. The van der Waals surface area contributed by atoms with Gasteiger partial charge in [0.2, 0.25) is 5.91 Å². The third-order valence-corrected chi connectivity index (χ3v) is 6.11. The second kappa shape index (κ2) is 7.22. The van der Waals surface area contributed by atoms with Crippen LogP contribution in [0.25, 0.3) is 0 Å². The molecule has 3 rings (SSSR count). The van der Waals surface area contributed by atoms with Gasteiger partial charge in [-0.15, -0.1) is 0 Å². The van der Waals surface area contributed by atoms with E-state index in [0.717, 1.165) is 31.7 Å². The predicted molar refractivity (Wildman–Crippen MR) is 94.5 cm³/mol. The molecule has 1 saturated carbocycles. The van der Waals surface area contributed by atoms with Gasteiger partial charge in [0.1, 0.15) is 0 Å². The molecule has 1 amide bonds. The van der Waals surface area contributed by atoms with Gasteiger partial charge in [0.05, 0.1) is 11.0 Å². The number of carbonyl (C=O) groups is 1. The second-order valence-electron chi connectivity index (χ2n) is 7.87. The molecule has 1 aliphatic heterocycles. The summed E-state index contributed by atoms with van der Waals surface area (Å²) in [4.78, 5) is 15.4. The first-order valence-electron chi connectivity index (χ1n) is 9.47. The van der Waals surface area contributed by atoms with E-state index in [1.54, 1.807) is 6.07 Å². The normalized spacial score (nSPS) is 26.1. The number of nitrogens with two attached hydrogens (primary N) is 1. The van der Waals surface area contributed by atoms with Crippen molar-refractivity contribution in [2.45, 2.75) is 63.1 Å². The fourth-order valence-electron chi connectivity index (χ4n) is 4.65. The number of likely N-dealkylation sites (tertiary alicyclic amines) is 1. The van der Waals surface area contributed by atoms with Crippen LogP contribution in [0.1, 0.15) is 56.6 Å². The van der Waals surface area contributed by atoms with E-state index < -0.39 is 17.2 Å². The van der Waals surface area contributed by atoms with Crippen molar-refractivity contribution < 1.29 is 18.0 Å². The zero-order valence-electron chi connectivity index (χ0n) is 15.2. The lowest BCUT2D eigenvalue weighted by molar-refractivity contribution is -0.141. The van der Waals surface area contributed by atoms with Crippen LogP contribution in [0.4, 0.5) is 13.2 Å². The Labute approximate surface area is 152 Å². The highest BCUT2D eigenvalue weighted by Crippen LogP contribution is 2.44. The molecule has 144 valence electrons. The average Bonchev–Trinajstić information content (AvgIpc) is 3.02. The van der Waals surface area contributed by atoms with E-state index in [9.17, 15) is 18.0 Å². The van der Waals surface area contributed by atoms with Gasteiger partial charge in [0.25, 0.3) is 0 Å². The first-order valence-corrected chi connectivity index (χ1v) is 9.47. The molecule has 3 nitrogen and oxygen atoms in total. The van der Waals surface area contributed by atoms with E-state index >= 15 is 0 Å². The number of nitrogens with zero attached hydrogens (tertiary/aromatic N) is 1.